The normalized spacial score (nSPS) is 9.94. The number of carbonyl (C=O) groups excluding carboxylic acids is 2. The van der Waals surface area contributed by atoms with E-state index in [9.17, 15) is 9.59 Å². The number of hydrogen-bond donors (Lipinski definition) is 2. The second kappa shape index (κ2) is 4.76. The van der Waals surface area contributed by atoms with Crippen molar-refractivity contribution in [1.29, 1.82) is 0 Å². The molecule has 16 heavy (non-hydrogen) atoms. The lowest BCUT2D eigenvalue weighted by Gasteiger charge is -2.18. The molecule has 1 rings (SSSR count). The number of hydrazine groups is 1. The van der Waals surface area contributed by atoms with E-state index in [2.05, 4.69) is 0 Å². The lowest BCUT2D eigenvalue weighted by atomic mass is 10.1. The molecule has 1 aromatic rings. The number of benzene rings is 1. The van der Waals surface area contributed by atoms with E-state index in [1.54, 1.807) is 13.0 Å². The van der Waals surface area contributed by atoms with E-state index in [0.29, 0.717) is 5.56 Å². The van der Waals surface area contributed by atoms with Gasteiger partial charge in [0.2, 0.25) is 5.91 Å². The molecule has 0 aromatic heterocycles. The SMILES string of the molecule is [CH]c1ccc(N(N)C(=O)CC)c(C(N)=O)c1. The zero-order valence-electron chi connectivity index (χ0n) is 8.93. The number of primary amides is 1. The Bertz CT molecular complexity index is 429. The zero-order chi connectivity index (χ0) is 12.3. The molecular weight excluding hydrogens is 206 g/mol. The van der Waals surface area contributed by atoms with Crippen LogP contribution < -0.4 is 16.6 Å². The van der Waals surface area contributed by atoms with Gasteiger partial charge in [-0.05, 0) is 24.6 Å². The molecule has 0 heterocycles. The molecule has 2 amide bonds. The second-order valence-corrected chi connectivity index (χ2v) is 3.26. The van der Waals surface area contributed by atoms with Gasteiger partial charge in [-0.25, -0.2) is 10.9 Å². The van der Waals surface area contributed by atoms with Gasteiger partial charge in [-0.2, -0.15) is 0 Å². The van der Waals surface area contributed by atoms with Crippen molar-refractivity contribution in [3.05, 3.63) is 36.2 Å². The third kappa shape index (κ3) is 2.38. The fraction of sp³-hybridized carbons (Fsp3) is 0.182. The van der Waals surface area contributed by atoms with Gasteiger partial charge in [0.05, 0.1) is 11.3 Å². The summed E-state index contributed by atoms with van der Waals surface area (Å²) in [6.45, 7) is 7.19. The summed E-state index contributed by atoms with van der Waals surface area (Å²) in [6.07, 6.45) is 0.235. The average molecular weight is 219 g/mol. The Balaban J connectivity index is 3.22. The summed E-state index contributed by atoms with van der Waals surface area (Å²) < 4.78 is 0. The highest BCUT2D eigenvalue weighted by Crippen LogP contribution is 2.20. The van der Waals surface area contributed by atoms with Crippen LogP contribution in [0.1, 0.15) is 29.3 Å². The van der Waals surface area contributed by atoms with Crippen molar-refractivity contribution in [2.24, 2.45) is 11.6 Å². The summed E-state index contributed by atoms with van der Waals surface area (Å²) in [5.41, 5.74) is 5.95. The van der Waals surface area contributed by atoms with Gasteiger partial charge in [-0.3, -0.25) is 9.59 Å². The van der Waals surface area contributed by atoms with Crippen LogP contribution in [0.5, 0.6) is 0 Å². The minimum Gasteiger partial charge on any atom is -0.366 e. The fourth-order valence-electron chi connectivity index (χ4n) is 1.27. The number of hydrogen-bond acceptors (Lipinski definition) is 3. The van der Waals surface area contributed by atoms with Crippen LogP contribution in [0.2, 0.25) is 0 Å². The summed E-state index contributed by atoms with van der Waals surface area (Å²) >= 11 is 0. The molecule has 0 aliphatic rings. The van der Waals surface area contributed by atoms with E-state index in [1.807, 2.05) is 0 Å². The van der Waals surface area contributed by atoms with E-state index in [0.717, 1.165) is 5.01 Å². The van der Waals surface area contributed by atoms with Crippen LogP contribution in [0.25, 0.3) is 0 Å². The molecule has 0 bridgehead atoms. The van der Waals surface area contributed by atoms with Crippen LogP contribution in [0, 0.1) is 6.92 Å². The average Bonchev–Trinajstić information content (AvgIpc) is 2.26. The van der Waals surface area contributed by atoms with Crippen LogP contribution in [0.3, 0.4) is 0 Å². The number of nitrogens with zero attached hydrogens (tertiary/aromatic N) is 1. The first kappa shape index (κ1) is 12.2. The first-order valence-corrected chi connectivity index (χ1v) is 4.74. The van der Waals surface area contributed by atoms with E-state index in [1.165, 1.54) is 12.1 Å². The number of rotatable bonds is 3. The van der Waals surface area contributed by atoms with Crippen molar-refractivity contribution >= 4 is 17.5 Å². The minimum atomic E-state index is -0.679. The van der Waals surface area contributed by atoms with Gasteiger partial charge in [0.25, 0.3) is 5.91 Å². The smallest absolute Gasteiger partial charge is 0.250 e. The van der Waals surface area contributed by atoms with E-state index >= 15 is 0 Å². The highest BCUT2D eigenvalue weighted by Gasteiger charge is 2.16. The molecule has 0 spiro atoms. The molecule has 0 unspecified atom stereocenters. The molecule has 0 saturated carbocycles. The maximum absolute atomic E-state index is 11.4. The lowest BCUT2D eigenvalue weighted by Crippen LogP contribution is -2.38. The topological polar surface area (TPSA) is 89.4 Å². The van der Waals surface area contributed by atoms with Gasteiger partial charge < -0.3 is 5.73 Å². The predicted molar refractivity (Wildman–Crippen MR) is 60.3 cm³/mol. The largest absolute Gasteiger partial charge is 0.366 e. The standard InChI is InChI=1S/C11H13N3O2/c1-3-10(15)14(13)9-5-4-7(2)6-8(9)11(12)16/h2,4-6H,3,13H2,1H3,(H2,12,16). The number of amides is 2. The summed E-state index contributed by atoms with van der Waals surface area (Å²) in [5, 5.41) is 0.902. The Morgan fingerprint density at radius 3 is 2.56 bits per heavy atom. The van der Waals surface area contributed by atoms with Gasteiger partial charge in [-0.1, -0.05) is 13.0 Å². The molecule has 2 radical (unpaired) electrons. The van der Waals surface area contributed by atoms with Gasteiger partial charge >= 0.3 is 0 Å². The molecule has 0 fully saturated rings. The van der Waals surface area contributed by atoms with E-state index < -0.39 is 5.91 Å². The Morgan fingerprint density at radius 2 is 2.06 bits per heavy atom. The molecule has 0 aliphatic carbocycles. The molecule has 84 valence electrons. The third-order valence-electron chi connectivity index (χ3n) is 2.12. The Kier molecular flexibility index (Phi) is 3.63. The van der Waals surface area contributed by atoms with Crippen LogP contribution in [0.4, 0.5) is 5.69 Å². The van der Waals surface area contributed by atoms with E-state index in [4.69, 9.17) is 18.5 Å². The van der Waals surface area contributed by atoms with Crippen LogP contribution in [0.15, 0.2) is 18.2 Å². The van der Waals surface area contributed by atoms with Gasteiger partial charge in [-0.15, -0.1) is 0 Å². The van der Waals surface area contributed by atoms with Crippen LogP contribution in [-0.4, -0.2) is 11.8 Å². The summed E-state index contributed by atoms with van der Waals surface area (Å²) in [4.78, 5) is 22.6. The number of anilines is 1. The van der Waals surface area contributed by atoms with E-state index in [-0.39, 0.29) is 23.6 Å². The zero-order valence-corrected chi connectivity index (χ0v) is 8.93. The molecule has 0 saturated heterocycles. The molecule has 1 aromatic carbocycles. The Labute approximate surface area is 94.0 Å². The first-order valence-electron chi connectivity index (χ1n) is 4.74. The minimum absolute atomic E-state index is 0.129. The maximum atomic E-state index is 11.4. The van der Waals surface area contributed by atoms with Crippen molar-refractivity contribution in [2.75, 3.05) is 5.01 Å². The summed E-state index contributed by atoms with van der Waals surface area (Å²) in [7, 11) is 0. The van der Waals surface area contributed by atoms with Crippen molar-refractivity contribution in [3.8, 4) is 0 Å². The van der Waals surface area contributed by atoms with Gasteiger partial charge in [0, 0.05) is 6.42 Å². The Hall–Kier alpha value is -1.88. The van der Waals surface area contributed by atoms with Crippen molar-refractivity contribution < 1.29 is 9.59 Å². The number of carbonyl (C=O) groups is 2. The maximum Gasteiger partial charge on any atom is 0.250 e. The van der Waals surface area contributed by atoms with Crippen LogP contribution in [-0.2, 0) is 4.79 Å². The molecule has 5 nitrogen and oxygen atoms in total. The molecule has 0 atom stereocenters. The second-order valence-electron chi connectivity index (χ2n) is 3.26. The summed E-state index contributed by atoms with van der Waals surface area (Å²) in [6, 6.07) is 4.42. The quantitative estimate of drug-likeness (QED) is 0.439. The number of nitrogens with two attached hydrogens (primary N) is 2. The Morgan fingerprint density at radius 1 is 1.44 bits per heavy atom. The van der Waals surface area contributed by atoms with Crippen molar-refractivity contribution in [2.45, 2.75) is 13.3 Å². The van der Waals surface area contributed by atoms with Crippen LogP contribution >= 0.6 is 0 Å². The highest BCUT2D eigenvalue weighted by molar-refractivity contribution is 6.03. The molecular formula is C11H13N3O2. The predicted octanol–water partition coefficient (Wildman–Crippen LogP) is 0.461. The van der Waals surface area contributed by atoms with Gasteiger partial charge in [0.1, 0.15) is 0 Å². The third-order valence-corrected chi connectivity index (χ3v) is 2.12. The van der Waals surface area contributed by atoms with Gasteiger partial charge in [0.15, 0.2) is 0 Å². The van der Waals surface area contributed by atoms with Crippen molar-refractivity contribution in [1.82, 2.24) is 0 Å². The highest BCUT2D eigenvalue weighted by atomic mass is 16.2. The van der Waals surface area contributed by atoms with Crippen molar-refractivity contribution in [3.63, 3.8) is 0 Å². The molecule has 4 N–H and O–H groups in total. The molecule has 0 aliphatic heterocycles. The summed E-state index contributed by atoms with van der Waals surface area (Å²) in [5.74, 6) is 4.58. The lowest BCUT2D eigenvalue weighted by molar-refractivity contribution is -0.118. The fourth-order valence-corrected chi connectivity index (χ4v) is 1.27. The molecule has 5 heteroatoms. The monoisotopic (exact) mass is 219 g/mol. The first-order chi connectivity index (χ1) is 7.47.